The highest BCUT2D eigenvalue weighted by Gasteiger charge is 2.43. The lowest BCUT2D eigenvalue weighted by molar-refractivity contribution is -0.140. The largest absolute Gasteiger partial charge is 0.417 e. The molecule has 1 fully saturated rings. The number of benzene rings is 1. The van der Waals surface area contributed by atoms with Crippen LogP contribution in [-0.2, 0) is 16.2 Å². The minimum absolute atomic E-state index is 0.0422. The monoisotopic (exact) mass is 340 g/mol. The van der Waals surface area contributed by atoms with Crippen LogP contribution in [0.25, 0.3) is 0 Å². The quantitative estimate of drug-likeness (QED) is 0.858. The zero-order valence-electron chi connectivity index (χ0n) is 11.8. The molecule has 0 aliphatic carbocycles. The Bertz CT molecular complexity index is 675. The zero-order valence-corrected chi connectivity index (χ0v) is 12.6. The van der Waals surface area contributed by atoms with Crippen LogP contribution in [0, 0.1) is 11.2 Å². The van der Waals surface area contributed by atoms with Gasteiger partial charge in [-0.3, -0.25) is 0 Å². The lowest BCUT2D eigenvalue weighted by Gasteiger charge is -2.23. The second kappa shape index (κ2) is 5.47. The van der Waals surface area contributed by atoms with E-state index in [1.165, 1.54) is 0 Å². The van der Waals surface area contributed by atoms with Gasteiger partial charge < -0.3 is 5.73 Å². The van der Waals surface area contributed by atoms with Gasteiger partial charge in [0.25, 0.3) is 0 Å². The summed E-state index contributed by atoms with van der Waals surface area (Å²) in [5.74, 6) is -1.14. The van der Waals surface area contributed by atoms with Crippen molar-refractivity contribution in [2.24, 2.45) is 11.1 Å². The van der Waals surface area contributed by atoms with E-state index in [1.54, 1.807) is 6.92 Å². The summed E-state index contributed by atoms with van der Waals surface area (Å²) >= 11 is 0. The highest BCUT2D eigenvalue weighted by atomic mass is 32.2. The van der Waals surface area contributed by atoms with Gasteiger partial charge in [0.05, 0.1) is 10.5 Å². The average molecular weight is 340 g/mol. The van der Waals surface area contributed by atoms with Crippen molar-refractivity contribution in [2.45, 2.75) is 24.4 Å². The van der Waals surface area contributed by atoms with Crippen LogP contribution in [-0.4, -0.2) is 32.4 Å². The van der Waals surface area contributed by atoms with Crippen molar-refractivity contribution in [1.82, 2.24) is 4.31 Å². The highest BCUT2D eigenvalue weighted by Crippen LogP contribution is 2.38. The van der Waals surface area contributed by atoms with Crippen LogP contribution in [0.15, 0.2) is 23.1 Å². The molecule has 1 aromatic rings. The summed E-state index contributed by atoms with van der Waals surface area (Å²) in [6.45, 7) is 2.14. The molecule has 1 atom stereocenters. The first-order chi connectivity index (χ1) is 9.99. The minimum atomic E-state index is -4.96. The molecule has 1 heterocycles. The van der Waals surface area contributed by atoms with Gasteiger partial charge >= 0.3 is 6.18 Å². The number of hydrogen-bond acceptors (Lipinski definition) is 3. The summed E-state index contributed by atoms with van der Waals surface area (Å²) < 4.78 is 78.0. The Balaban J connectivity index is 2.48. The van der Waals surface area contributed by atoms with E-state index in [9.17, 15) is 26.0 Å². The summed E-state index contributed by atoms with van der Waals surface area (Å²) in [6, 6.07) is 1.57. The molecular formula is C13H16F4N2O2S. The number of nitrogens with two attached hydrogens (primary N) is 1. The predicted molar refractivity (Wildman–Crippen MR) is 71.9 cm³/mol. The van der Waals surface area contributed by atoms with Crippen LogP contribution >= 0.6 is 0 Å². The molecule has 4 nitrogen and oxygen atoms in total. The van der Waals surface area contributed by atoms with E-state index in [0.29, 0.717) is 18.6 Å². The van der Waals surface area contributed by atoms with Crippen LogP contribution in [0.1, 0.15) is 18.9 Å². The number of sulfonamides is 1. The highest BCUT2D eigenvalue weighted by molar-refractivity contribution is 7.89. The lowest BCUT2D eigenvalue weighted by Crippen LogP contribution is -2.35. The van der Waals surface area contributed by atoms with Gasteiger partial charge in [-0.1, -0.05) is 6.92 Å². The van der Waals surface area contributed by atoms with Gasteiger partial charge in [0.15, 0.2) is 0 Å². The van der Waals surface area contributed by atoms with Gasteiger partial charge in [-0.2, -0.15) is 17.5 Å². The first-order valence-electron chi connectivity index (χ1n) is 6.57. The van der Waals surface area contributed by atoms with Crippen LogP contribution in [0.2, 0.25) is 0 Å². The summed E-state index contributed by atoms with van der Waals surface area (Å²) in [6.07, 6.45) is -4.49. The number of alkyl halides is 3. The number of hydrogen-bond donors (Lipinski definition) is 1. The van der Waals surface area contributed by atoms with Crippen LogP contribution in [0.3, 0.4) is 0 Å². The molecule has 0 aromatic heterocycles. The summed E-state index contributed by atoms with van der Waals surface area (Å²) in [5.41, 5.74) is 3.62. The normalized spacial score (nSPS) is 23.9. The average Bonchev–Trinajstić information content (AvgIpc) is 2.81. The van der Waals surface area contributed by atoms with E-state index in [0.717, 1.165) is 4.31 Å². The van der Waals surface area contributed by atoms with Crippen molar-refractivity contribution in [3.63, 3.8) is 0 Å². The molecule has 1 aliphatic heterocycles. The van der Waals surface area contributed by atoms with Gasteiger partial charge in [-0.05, 0) is 36.6 Å². The van der Waals surface area contributed by atoms with E-state index in [-0.39, 0.29) is 25.7 Å². The molecule has 0 spiro atoms. The van der Waals surface area contributed by atoms with E-state index < -0.39 is 37.9 Å². The minimum Gasteiger partial charge on any atom is -0.330 e. The van der Waals surface area contributed by atoms with Gasteiger partial charge in [-0.25, -0.2) is 12.8 Å². The standard InChI is InChI=1S/C13H16F4N2O2S/c1-12(7-18)4-5-19(8-12)22(20,21)11-3-2-9(14)6-10(11)13(15,16)17/h2-3,6H,4-5,7-8,18H2,1H3. The molecular weight excluding hydrogens is 324 g/mol. The Morgan fingerprint density at radius 1 is 1.36 bits per heavy atom. The molecule has 0 saturated carbocycles. The fraction of sp³-hybridized carbons (Fsp3) is 0.538. The molecule has 124 valence electrons. The second-order valence-corrected chi connectivity index (χ2v) is 7.65. The maximum Gasteiger partial charge on any atom is 0.417 e. The molecule has 1 saturated heterocycles. The van der Waals surface area contributed by atoms with Crippen LogP contribution < -0.4 is 5.73 Å². The Kier molecular flexibility index (Phi) is 4.27. The van der Waals surface area contributed by atoms with E-state index >= 15 is 0 Å². The Morgan fingerprint density at radius 2 is 2.00 bits per heavy atom. The lowest BCUT2D eigenvalue weighted by atomic mass is 9.90. The fourth-order valence-electron chi connectivity index (χ4n) is 2.44. The number of halogens is 4. The second-order valence-electron chi connectivity index (χ2n) is 5.74. The maximum atomic E-state index is 13.1. The van der Waals surface area contributed by atoms with Crippen molar-refractivity contribution in [3.05, 3.63) is 29.6 Å². The third-order valence-corrected chi connectivity index (χ3v) is 5.78. The Morgan fingerprint density at radius 3 is 2.50 bits per heavy atom. The molecule has 2 rings (SSSR count). The molecule has 1 unspecified atom stereocenters. The third kappa shape index (κ3) is 3.11. The van der Waals surface area contributed by atoms with Crippen molar-refractivity contribution in [2.75, 3.05) is 19.6 Å². The SMILES string of the molecule is CC1(CN)CCN(S(=O)(=O)c2ccc(F)cc2C(F)(F)F)C1. The molecule has 0 bridgehead atoms. The van der Waals surface area contributed by atoms with Crippen LogP contribution in [0.5, 0.6) is 0 Å². The molecule has 0 amide bonds. The van der Waals surface area contributed by atoms with Gasteiger partial charge in [0, 0.05) is 13.1 Å². The molecule has 0 radical (unpaired) electrons. The molecule has 1 aliphatic rings. The van der Waals surface area contributed by atoms with Crippen LogP contribution in [0.4, 0.5) is 17.6 Å². The topological polar surface area (TPSA) is 63.4 Å². The first kappa shape index (κ1) is 17.2. The summed E-state index contributed by atoms with van der Waals surface area (Å²) in [7, 11) is -4.36. The predicted octanol–water partition coefficient (Wildman–Crippen LogP) is 2.20. The zero-order chi connectivity index (χ0) is 16.8. The molecule has 1 aromatic carbocycles. The Labute approximate surface area is 126 Å². The van der Waals surface area contributed by atoms with Gasteiger partial charge in [-0.15, -0.1) is 0 Å². The summed E-state index contributed by atoms with van der Waals surface area (Å²) in [4.78, 5) is -0.928. The van der Waals surface area contributed by atoms with Gasteiger partial charge in [0.1, 0.15) is 5.82 Å². The molecule has 22 heavy (non-hydrogen) atoms. The smallest absolute Gasteiger partial charge is 0.330 e. The van der Waals surface area contributed by atoms with Crippen molar-refractivity contribution in [3.8, 4) is 0 Å². The van der Waals surface area contributed by atoms with Crippen molar-refractivity contribution >= 4 is 10.0 Å². The number of rotatable bonds is 3. The van der Waals surface area contributed by atoms with E-state index in [1.807, 2.05) is 0 Å². The van der Waals surface area contributed by atoms with E-state index in [4.69, 9.17) is 5.73 Å². The Hall–Kier alpha value is -1.19. The first-order valence-corrected chi connectivity index (χ1v) is 8.01. The van der Waals surface area contributed by atoms with Crippen molar-refractivity contribution in [1.29, 1.82) is 0 Å². The third-order valence-electron chi connectivity index (χ3n) is 3.88. The molecule has 9 heteroatoms. The summed E-state index contributed by atoms with van der Waals surface area (Å²) in [5, 5.41) is 0. The maximum absolute atomic E-state index is 13.1. The fourth-order valence-corrected chi connectivity index (χ4v) is 4.22. The van der Waals surface area contributed by atoms with E-state index in [2.05, 4.69) is 0 Å². The van der Waals surface area contributed by atoms with Crippen molar-refractivity contribution < 1.29 is 26.0 Å². The number of nitrogens with zero attached hydrogens (tertiary/aromatic N) is 1. The van der Waals surface area contributed by atoms with Gasteiger partial charge in [0.2, 0.25) is 10.0 Å². The molecule has 2 N–H and O–H groups in total.